The molecule has 0 saturated heterocycles. The molecule has 1 heterocycles. The Kier molecular flexibility index (Phi) is 4.97. The van der Waals surface area contributed by atoms with Crippen LogP contribution < -0.4 is 10.6 Å². The molecule has 154 valence electrons. The van der Waals surface area contributed by atoms with Crippen LogP contribution >= 0.6 is 0 Å². The van der Waals surface area contributed by atoms with E-state index < -0.39 is 23.9 Å². The van der Waals surface area contributed by atoms with E-state index in [0.29, 0.717) is 11.4 Å². The molecule has 7 nitrogen and oxygen atoms in total. The molecule has 29 heavy (non-hydrogen) atoms. The van der Waals surface area contributed by atoms with Crippen molar-refractivity contribution in [3.63, 3.8) is 0 Å². The summed E-state index contributed by atoms with van der Waals surface area (Å²) < 4.78 is 36.5. The molecule has 2 aromatic rings. The zero-order chi connectivity index (χ0) is 20.6. The molecule has 2 amide bonds. The number of anilines is 1. The highest BCUT2D eigenvalue weighted by molar-refractivity contribution is 5.84. The number of carbonyl (C=O) groups excluding carboxylic acids is 2. The van der Waals surface area contributed by atoms with E-state index in [-0.39, 0.29) is 37.3 Å². The van der Waals surface area contributed by atoms with E-state index in [1.165, 1.54) is 12.6 Å². The Balaban J connectivity index is 1.24. The fourth-order valence-corrected chi connectivity index (χ4v) is 3.90. The third-order valence-corrected chi connectivity index (χ3v) is 5.66. The van der Waals surface area contributed by atoms with Crippen molar-refractivity contribution >= 4 is 17.7 Å². The molecule has 2 saturated carbocycles. The Morgan fingerprint density at radius 1 is 1.28 bits per heavy atom. The summed E-state index contributed by atoms with van der Waals surface area (Å²) in [6, 6.07) is 6.67. The van der Waals surface area contributed by atoms with Gasteiger partial charge in [-0.1, -0.05) is 12.1 Å². The Bertz CT molecular complexity index is 872. The second-order valence-corrected chi connectivity index (χ2v) is 7.58. The molecule has 1 aromatic carbocycles. The number of amides is 2. The predicted molar refractivity (Wildman–Crippen MR) is 98.0 cm³/mol. The number of benzene rings is 1. The molecule has 3 unspecified atom stereocenters. The van der Waals surface area contributed by atoms with E-state index in [4.69, 9.17) is 9.15 Å². The quantitative estimate of drug-likeness (QED) is 0.761. The summed E-state index contributed by atoms with van der Waals surface area (Å²) in [4.78, 5) is 27.9. The van der Waals surface area contributed by atoms with Crippen molar-refractivity contribution in [3.8, 4) is 0 Å². The van der Waals surface area contributed by atoms with Crippen LogP contribution in [-0.2, 0) is 16.1 Å². The number of carbonyl (C=O) groups is 2. The van der Waals surface area contributed by atoms with Crippen LogP contribution in [0, 0.1) is 17.8 Å². The lowest BCUT2D eigenvalue weighted by atomic mass is 10.0. The lowest BCUT2D eigenvalue weighted by molar-refractivity contribution is -0.126. The van der Waals surface area contributed by atoms with Crippen molar-refractivity contribution < 1.29 is 27.5 Å². The van der Waals surface area contributed by atoms with Gasteiger partial charge in [-0.2, -0.15) is 0 Å². The molecule has 4 rings (SSSR count). The van der Waals surface area contributed by atoms with Crippen LogP contribution in [0.2, 0.25) is 0 Å². The van der Waals surface area contributed by atoms with E-state index in [0.717, 1.165) is 5.56 Å². The van der Waals surface area contributed by atoms with E-state index in [1.807, 2.05) is 6.92 Å². The lowest BCUT2D eigenvalue weighted by Gasteiger charge is -2.19. The lowest BCUT2D eigenvalue weighted by Crippen LogP contribution is -2.33. The molecule has 0 aliphatic heterocycles. The monoisotopic (exact) mass is 405 g/mol. The maximum atomic E-state index is 13.3. The van der Waals surface area contributed by atoms with Gasteiger partial charge in [-0.25, -0.2) is 18.6 Å². The predicted octanol–water partition coefficient (Wildman–Crippen LogP) is 3.89. The van der Waals surface area contributed by atoms with Crippen molar-refractivity contribution in [3.05, 3.63) is 48.2 Å². The van der Waals surface area contributed by atoms with Gasteiger partial charge in [0.2, 0.25) is 5.91 Å². The maximum absolute atomic E-state index is 13.3. The van der Waals surface area contributed by atoms with Gasteiger partial charge in [0.05, 0.1) is 12.2 Å². The van der Waals surface area contributed by atoms with Crippen LogP contribution in [-0.4, -0.2) is 22.9 Å². The summed E-state index contributed by atoms with van der Waals surface area (Å²) in [7, 11) is 0. The zero-order valence-corrected chi connectivity index (χ0v) is 15.7. The third kappa shape index (κ3) is 4.08. The fraction of sp³-hybridized carbons (Fsp3) is 0.450. The first kappa shape index (κ1) is 19.4. The molecule has 0 radical (unpaired) electrons. The molecule has 3 atom stereocenters. The van der Waals surface area contributed by atoms with Crippen LogP contribution in [0.1, 0.15) is 37.1 Å². The van der Waals surface area contributed by atoms with Gasteiger partial charge < -0.3 is 14.5 Å². The van der Waals surface area contributed by atoms with Crippen molar-refractivity contribution in [2.45, 2.75) is 38.3 Å². The molecular formula is C20H21F2N3O4. The Morgan fingerprint density at radius 3 is 2.59 bits per heavy atom. The highest BCUT2D eigenvalue weighted by Gasteiger charge is 2.72. The topological polar surface area (TPSA) is 93.5 Å². The van der Waals surface area contributed by atoms with Gasteiger partial charge in [0, 0.05) is 23.4 Å². The number of halogens is 2. The van der Waals surface area contributed by atoms with Crippen molar-refractivity contribution in [1.82, 2.24) is 10.3 Å². The minimum atomic E-state index is -2.57. The summed E-state index contributed by atoms with van der Waals surface area (Å²) in [5.41, 5.74) is 1.38. The Labute approximate surface area is 165 Å². The average molecular weight is 405 g/mol. The van der Waals surface area contributed by atoms with Crippen LogP contribution in [0.15, 0.2) is 41.3 Å². The van der Waals surface area contributed by atoms with Gasteiger partial charge in [0.1, 0.15) is 0 Å². The van der Waals surface area contributed by atoms with Gasteiger partial charge in [0.15, 0.2) is 18.8 Å². The standard InChI is InChI=1S/C20H21F2N3O4/c1-11(24-18(26)13-6-16-17(7-13)20(16,21)22)12-2-4-14(5-3-12)25-19(27)28-9-15-8-23-10-29-15/h2-5,8,10-11,13,16-17H,6-7,9H2,1H3,(H,24,26)(H,25,27). The SMILES string of the molecule is CC(NC(=O)C1CC2C(C1)C2(F)F)c1ccc(NC(=O)OCc2cnco2)cc1. The van der Waals surface area contributed by atoms with E-state index in [2.05, 4.69) is 15.6 Å². The number of nitrogens with one attached hydrogen (secondary N) is 2. The number of nitrogens with zero attached hydrogens (tertiary/aromatic N) is 1. The number of fused-ring (bicyclic) bond motifs is 1. The summed E-state index contributed by atoms with van der Waals surface area (Å²) >= 11 is 0. The summed E-state index contributed by atoms with van der Waals surface area (Å²) in [6.45, 7) is 1.80. The number of alkyl halides is 2. The van der Waals surface area contributed by atoms with E-state index >= 15 is 0 Å². The highest BCUT2D eigenvalue weighted by Crippen LogP contribution is 2.65. The second kappa shape index (κ2) is 7.46. The number of hydrogen-bond acceptors (Lipinski definition) is 5. The molecule has 2 aliphatic carbocycles. The van der Waals surface area contributed by atoms with Gasteiger partial charge in [-0.3, -0.25) is 10.1 Å². The second-order valence-electron chi connectivity index (χ2n) is 7.58. The molecule has 0 spiro atoms. The summed E-state index contributed by atoms with van der Waals surface area (Å²) in [5.74, 6) is -3.90. The first-order valence-electron chi connectivity index (χ1n) is 9.44. The largest absolute Gasteiger partial charge is 0.445 e. The maximum Gasteiger partial charge on any atom is 0.412 e. The zero-order valence-electron chi connectivity index (χ0n) is 15.7. The summed E-state index contributed by atoms with van der Waals surface area (Å²) in [6.07, 6.45) is 2.59. The first-order valence-corrected chi connectivity index (χ1v) is 9.44. The first-order chi connectivity index (χ1) is 13.8. The van der Waals surface area contributed by atoms with E-state index in [9.17, 15) is 18.4 Å². The molecule has 2 aliphatic rings. The number of ether oxygens (including phenoxy) is 1. The molecule has 2 N–H and O–H groups in total. The van der Waals surface area contributed by atoms with Gasteiger partial charge in [-0.15, -0.1) is 0 Å². The molecule has 1 aromatic heterocycles. The van der Waals surface area contributed by atoms with Crippen LogP contribution in [0.25, 0.3) is 0 Å². The minimum absolute atomic E-state index is 0.0260. The normalized spacial score (nSPS) is 25.0. The number of oxazole rings is 1. The van der Waals surface area contributed by atoms with Crippen molar-refractivity contribution in [2.24, 2.45) is 17.8 Å². The fourth-order valence-electron chi connectivity index (χ4n) is 3.90. The molecule has 2 fully saturated rings. The molecule has 0 bridgehead atoms. The van der Waals surface area contributed by atoms with Crippen LogP contribution in [0.3, 0.4) is 0 Å². The third-order valence-electron chi connectivity index (χ3n) is 5.66. The molecular weight excluding hydrogens is 384 g/mol. The van der Waals surface area contributed by atoms with E-state index in [1.54, 1.807) is 24.3 Å². The minimum Gasteiger partial charge on any atom is -0.445 e. The number of hydrogen-bond donors (Lipinski definition) is 2. The highest BCUT2D eigenvalue weighted by atomic mass is 19.3. The Hall–Kier alpha value is -2.97. The summed E-state index contributed by atoms with van der Waals surface area (Å²) in [5, 5.41) is 5.48. The number of rotatable bonds is 6. The van der Waals surface area contributed by atoms with Crippen LogP contribution in [0.5, 0.6) is 0 Å². The van der Waals surface area contributed by atoms with Gasteiger partial charge in [0.25, 0.3) is 5.92 Å². The molecule has 9 heteroatoms. The Morgan fingerprint density at radius 2 is 1.97 bits per heavy atom. The van der Waals surface area contributed by atoms with Crippen molar-refractivity contribution in [1.29, 1.82) is 0 Å². The smallest absolute Gasteiger partial charge is 0.412 e. The van der Waals surface area contributed by atoms with Crippen molar-refractivity contribution in [2.75, 3.05) is 5.32 Å². The van der Waals surface area contributed by atoms with Gasteiger partial charge in [-0.05, 0) is 37.5 Å². The average Bonchev–Trinajstić information content (AvgIpc) is 3.19. The van der Waals surface area contributed by atoms with Crippen LogP contribution in [0.4, 0.5) is 19.3 Å². The van der Waals surface area contributed by atoms with Gasteiger partial charge >= 0.3 is 6.09 Å². The number of aromatic nitrogens is 1.